The van der Waals surface area contributed by atoms with Crippen LogP contribution >= 0.6 is 22.9 Å². The molecule has 0 aliphatic heterocycles. The van der Waals surface area contributed by atoms with Gasteiger partial charge in [-0.3, -0.25) is 18.8 Å². The monoisotopic (exact) mass is 327 g/mol. The second-order valence-electron chi connectivity index (χ2n) is 4.88. The number of hydrogen-bond acceptors (Lipinski definition) is 4. The van der Waals surface area contributed by atoms with Crippen molar-refractivity contribution in [1.82, 2.24) is 14.0 Å². The summed E-state index contributed by atoms with van der Waals surface area (Å²) in [7, 11) is 3.17. The van der Waals surface area contributed by atoms with E-state index in [1.807, 2.05) is 19.1 Å². The van der Waals surface area contributed by atoms with Crippen molar-refractivity contribution in [3.8, 4) is 0 Å². The average Bonchev–Trinajstić information content (AvgIpc) is 2.86. The minimum atomic E-state index is -0.298. The Kier molecular flexibility index (Phi) is 5.03. The lowest BCUT2D eigenvalue weighted by Gasteiger charge is -2.21. The van der Waals surface area contributed by atoms with Crippen LogP contribution < -0.4 is 11.2 Å². The minimum absolute atomic E-state index is 0.275. The molecule has 0 saturated heterocycles. The lowest BCUT2D eigenvalue weighted by Crippen LogP contribution is -2.39. The van der Waals surface area contributed by atoms with Crippen LogP contribution in [0.15, 0.2) is 27.8 Å². The highest BCUT2D eigenvalue weighted by molar-refractivity contribution is 7.16. The van der Waals surface area contributed by atoms with Crippen LogP contribution in [0.4, 0.5) is 0 Å². The number of thiophene rings is 1. The first kappa shape index (κ1) is 16.0. The van der Waals surface area contributed by atoms with Crippen LogP contribution in [0.1, 0.15) is 17.5 Å². The number of halogens is 1. The number of nitrogens with zero attached hydrogens (tertiary/aromatic N) is 3. The molecule has 2 aromatic heterocycles. The Morgan fingerprint density at radius 1 is 1.19 bits per heavy atom. The molecular weight excluding hydrogens is 310 g/mol. The molecule has 114 valence electrons. The minimum Gasteiger partial charge on any atom is -0.299 e. The second-order valence-corrected chi connectivity index (χ2v) is 6.68. The Labute approximate surface area is 132 Å². The van der Waals surface area contributed by atoms with E-state index in [4.69, 9.17) is 11.6 Å². The summed E-state index contributed by atoms with van der Waals surface area (Å²) in [6.45, 7) is 4.17. The van der Waals surface area contributed by atoms with Crippen LogP contribution in [0, 0.1) is 0 Å². The standard InChI is InChI=1S/C14H18ClN3O2S/c1-4-18(9-11-5-6-12(15)21-11)8-10-7-13(19)17(3)14(20)16(10)2/h5-7H,4,8-9H2,1-3H3. The Balaban J connectivity index is 2.23. The fourth-order valence-corrected chi connectivity index (χ4v) is 3.23. The molecule has 0 aliphatic carbocycles. The summed E-state index contributed by atoms with van der Waals surface area (Å²) in [5.41, 5.74) is 0.142. The maximum atomic E-state index is 11.9. The fourth-order valence-electron chi connectivity index (χ4n) is 2.10. The molecule has 0 atom stereocenters. The van der Waals surface area contributed by atoms with Crippen LogP contribution in [0.2, 0.25) is 4.34 Å². The molecule has 2 aromatic rings. The SMILES string of the molecule is CCN(Cc1ccc(Cl)s1)Cc1cc(=O)n(C)c(=O)n1C. The number of aromatic nitrogens is 2. The van der Waals surface area contributed by atoms with Crippen molar-refractivity contribution < 1.29 is 0 Å². The second kappa shape index (κ2) is 6.60. The van der Waals surface area contributed by atoms with Crippen molar-refractivity contribution >= 4 is 22.9 Å². The molecule has 0 aliphatic rings. The van der Waals surface area contributed by atoms with Gasteiger partial charge in [-0.2, -0.15) is 0 Å². The predicted molar refractivity (Wildman–Crippen MR) is 86.0 cm³/mol. The molecule has 7 heteroatoms. The summed E-state index contributed by atoms with van der Waals surface area (Å²) in [5.74, 6) is 0. The molecule has 0 fully saturated rings. The third-order valence-corrected chi connectivity index (χ3v) is 4.68. The summed E-state index contributed by atoms with van der Waals surface area (Å²) in [4.78, 5) is 27.0. The van der Waals surface area contributed by atoms with Gasteiger partial charge in [0, 0.05) is 43.8 Å². The van der Waals surface area contributed by atoms with Crippen molar-refractivity contribution in [2.45, 2.75) is 20.0 Å². The molecule has 0 radical (unpaired) electrons. The Morgan fingerprint density at radius 3 is 2.48 bits per heavy atom. The van der Waals surface area contributed by atoms with Crippen LogP contribution in [-0.4, -0.2) is 20.6 Å². The largest absolute Gasteiger partial charge is 0.330 e. The van der Waals surface area contributed by atoms with E-state index in [-0.39, 0.29) is 11.2 Å². The lowest BCUT2D eigenvalue weighted by molar-refractivity contribution is 0.265. The van der Waals surface area contributed by atoms with E-state index < -0.39 is 0 Å². The van der Waals surface area contributed by atoms with Gasteiger partial charge in [0.25, 0.3) is 5.56 Å². The van der Waals surface area contributed by atoms with Crippen LogP contribution in [0.25, 0.3) is 0 Å². The molecule has 0 amide bonds. The van der Waals surface area contributed by atoms with Crippen molar-refractivity contribution in [3.05, 3.63) is 53.9 Å². The van der Waals surface area contributed by atoms with Gasteiger partial charge in [0.15, 0.2) is 0 Å². The van der Waals surface area contributed by atoms with E-state index in [0.717, 1.165) is 26.9 Å². The zero-order chi connectivity index (χ0) is 15.6. The van der Waals surface area contributed by atoms with Crippen molar-refractivity contribution in [2.24, 2.45) is 14.1 Å². The first-order valence-corrected chi connectivity index (χ1v) is 7.84. The molecule has 2 heterocycles. The van der Waals surface area contributed by atoms with Gasteiger partial charge in [-0.25, -0.2) is 4.79 Å². The molecule has 0 N–H and O–H groups in total. The Bertz CT molecular complexity index is 747. The highest BCUT2D eigenvalue weighted by Crippen LogP contribution is 2.23. The molecule has 0 unspecified atom stereocenters. The van der Waals surface area contributed by atoms with Gasteiger partial charge >= 0.3 is 5.69 Å². The quantitative estimate of drug-likeness (QED) is 0.841. The van der Waals surface area contributed by atoms with Crippen molar-refractivity contribution in [3.63, 3.8) is 0 Å². The van der Waals surface area contributed by atoms with E-state index in [1.54, 1.807) is 18.4 Å². The predicted octanol–water partition coefficient (Wildman–Crippen LogP) is 1.82. The van der Waals surface area contributed by atoms with Gasteiger partial charge in [0.05, 0.1) is 4.34 Å². The van der Waals surface area contributed by atoms with Gasteiger partial charge in [-0.05, 0) is 18.7 Å². The lowest BCUT2D eigenvalue weighted by atomic mass is 10.3. The fraction of sp³-hybridized carbons (Fsp3) is 0.429. The van der Waals surface area contributed by atoms with Crippen LogP contribution in [-0.2, 0) is 27.2 Å². The normalized spacial score (nSPS) is 11.3. The molecule has 0 spiro atoms. The molecule has 2 rings (SSSR count). The summed E-state index contributed by atoms with van der Waals surface area (Å²) in [5, 5.41) is 0. The molecule has 5 nitrogen and oxygen atoms in total. The summed E-state index contributed by atoms with van der Waals surface area (Å²) in [6.07, 6.45) is 0. The van der Waals surface area contributed by atoms with Crippen LogP contribution in [0.5, 0.6) is 0 Å². The van der Waals surface area contributed by atoms with Gasteiger partial charge in [0.2, 0.25) is 0 Å². The Hall–Kier alpha value is -1.37. The smallest absolute Gasteiger partial charge is 0.299 e. The maximum absolute atomic E-state index is 11.9. The van der Waals surface area contributed by atoms with E-state index in [1.165, 1.54) is 17.7 Å². The Morgan fingerprint density at radius 2 is 1.90 bits per heavy atom. The van der Waals surface area contributed by atoms with Crippen molar-refractivity contribution in [2.75, 3.05) is 6.54 Å². The number of hydrogen-bond donors (Lipinski definition) is 0. The highest BCUT2D eigenvalue weighted by atomic mass is 35.5. The topological polar surface area (TPSA) is 47.2 Å². The van der Waals surface area contributed by atoms with E-state index in [0.29, 0.717) is 12.2 Å². The molecule has 0 bridgehead atoms. The molecule has 21 heavy (non-hydrogen) atoms. The summed E-state index contributed by atoms with van der Waals surface area (Å²) in [6, 6.07) is 5.40. The first-order valence-electron chi connectivity index (χ1n) is 6.65. The molecule has 0 saturated carbocycles. The van der Waals surface area contributed by atoms with Crippen molar-refractivity contribution in [1.29, 1.82) is 0 Å². The third kappa shape index (κ3) is 3.64. The van der Waals surface area contributed by atoms with Gasteiger partial charge in [-0.1, -0.05) is 18.5 Å². The molecular formula is C14H18ClN3O2S. The van der Waals surface area contributed by atoms with E-state index in [2.05, 4.69) is 4.90 Å². The zero-order valence-electron chi connectivity index (χ0n) is 12.3. The van der Waals surface area contributed by atoms with Crippen LogP contribution in [0.3, 0.4) is 0 Å². The maximum Gasteiger partial charge on any atom is 0.330 e. The first-order chi connectivity index (χ1) is 9.92. The highest BCUT2D eigenvalue weighted by Gasteiger charge is 2.11. The summed E-state index contributed by atoms with van der Waals surface area (Å²) >= 11 is 7.49. The van der Waals surface area contributed by atoms with E-state index in [9.17, 15) is 9.59 Å². The van der Waals surface area contributed by atoms with Gasteiger partial charge < -0.3 is 0 Å². The molecule has 0 aromatic carbocycles. The zero-order valence-corrected chi connectivity index (χ0v) is 13.9. The summed E-state index contributed by atoms with van der Waals surface area (Å²) < 4.78 is 3.40. The number of rotatable bonds is 5. The average molecular weight is 328 g/mol. The van der Waals surface area contributed by atoms with E-state index >= 15 is 0 Å². The third-order valence-electron chi connectivity index (χ3n) is 3.47. The van der Waals surface area contributed by atoms with Gasteiger partial charge in [0.1, 0.15) is 0 Å². The van der Waals surface area contributed by atoms with Gasteiger partial charge in [-0.15, -0.1) is 11.3 Å².